The quantitative estimate of drug-likeness (QED) is 0.631. The van der Waals surface area contributed by atoms with Gasteiger partial charge in [0.15, 0.2) is 0 Å². The second-order valence-corrected chi connectivity index (χ2v) is 5.51. The first-order valence-electron chi connectivity index (χ1n) is 8.10. The van der Waals surface area contributed by atoms with E-state index in [0.717, 1.165) is 27.8 Å². The first-order chi connectivity index (χ1) is 12.6. The predicted octanol–water partition coefficient (Wildman–Crippen LogP) is 1.35. The van der Waals surface area contributed by atoms with Crippen LogP contribution in [-0.4, -0.2) is 56.9 Å². The SMILES string of the molecule is COB(OC)c1cc(OC)ccc1-c1cc(OC)ccc1B(OC)OC. The van der Waals surface area contributed by atoms with Gasteiger partial charge in [0.1, 0.15) is 11.5 Å². The van der Waals surface area contributed by atoms with Crippen molar-refractivity contribution in [2.24, 2.45) is 0 Å². The van der Waals surface area contributed by atoms with Gasteiger partial charge in [0.25, 0.3) is 0 Å². The van der Waals surface area contributed by atoms with E-state index in [9.17, 15) is 0 Å². The summed E-state index contributed by atoms with van der Waals surface area (Å²) in [4.78, 5) is 0. The minimum absolute atomic E-state index is 0.519. The van der Waals surface area contributed by atoms with Crippen molar-refractivity contribution in [1.29, 1.82) is 0 Å². The van der Waals surface area contributed by atoms with Gasteiger partial charge < -0.3 is 28.1 Å². The third-order valence-electron chi connectivity index (χ3n) is 4.17. The van der Waals surface area contributed by atoms with Crippen LogP contribution in [0.1, 0.15) is 0 Å². The maximum Gasteiger partial charge on any atom is 0.494 e. The summed E-state index contributed by atoms with van der Waals surface area (Å²) in [5.74, 6) is 1.44. The molecule has 0 heterocycles. The summed E-state index contributed by atoms with van der Waals surface area (Å²) in [6, 6.07) is 11.5. The van der Waals surface area contributed by atoms with Crippen LogP contribution in [0.5, 0.6) is 11.5 Å². The monoisotopic (exact) mass is 358 g/mol. The third-order valence-corrected chi connectivity index (χ3v) is 4.17. The number of hydrogen-bond acceptors (Lipinski definition) is 6. The number of benzene rings is 2. The van der Waals surface area contributed by atoms with E-state index >= 15 is 0 Å². The van der Waals surface area contributed by atoms with Crippen LogP contribution < -0.4 is 20.4 Å². The Balaban J connectivity index is 2.73. The summed E-state index contributed by atoms with van der Waals surface area (Å²) >= 11 is 0. The maximum absolute atomic E-state index is 5.49. The topological polar surface area (TPSA) is 55.4 Å². The van der Waals surface area contributed by atoms with E-state index in [1.807, 2.05) is 36.4 Å². The van der Waals surface area contributed by atoms with Crippen molar-refractivity contribution >= 4 is 25.2 Å². The van der Waals surface area contributed by atoms with Gasteiger partial charge in [-0.2, -0.15) is 0 Å². The van der Waals surface area contributed by atoms with Crippen molar-refractivity contribution < 1.29 is 28.1 Å². The summed E-state index contributed by atoms with van der Waals surface area (Å²) in [6.07, 6.45) is 0. The van der Waals surface area contributed by atoms with Gasteiger partial charge in [0.05, 0.1) is 14.2 Å². The number of methoxy groups -OCH3 is 2. The molecule has 2 aromatic rings. The molecule has 2 aromatic carbocycles. The highest BCUT2D eigenvalue weighted by atomic mass is 16.6. The zero-order chi connectivity index (χ0) is 19.1. The van der Waals surface area contributed by atoms with Crippen molar-refractivity contribution in [3.05, 3.63) is 36.4 Å². The average molecular weight is 358 g/mol. The maximum atomic E-state index is 5.49. The highest BCUT2D eigenvalue weighted by molar-refractivity contribution is 6.65. The Bertz CT molecular complexity index is 717. The molecule has 0 atom stereocenters. The molecule has 0 saturated carbocycles. The molecule has 2 rings (SSSR count). The molecule has 0 unspecified atom stereocenters. The molecule has 0 aliphatic heterocycles. The first-order valence-corrected chi connectivity index (χ1v) is 8.10. The molecule has 0 aromatic heterocycles. The third kappa shape index (κ3) is 4.22. The Morgan fingerprint density at radius 1 is 0.538 bits per heavy atom. The zero-order valence-corrected chi connectivity index (χ0v) is 16.1. The normalized spacial score (nSPS) is 10.5. The molecule has 0 aliphatic carbocycles. The van der Waals surface area contributed by atoms with Gasteiger partial charge in [-0.1, -0.05) is 12.1 Å². The van der Waals surface area contributed by atoms with Gasteiger partial charge in [-0.3, -0.25) is 0 Å². The standard InChI is InChI=1S/C18H24B2O6/c1-21-13-8-10-17(19(23-3)24-4)16(11-13)15-9-7-14(22-2)12-18(15)20(25-5)26-6/h7-12H,1-6H3. The van der Waals surface area contributed by atoms with Crippen LogP contribution in [0.4, 0.5) is 0 Å². The van der Waals surface area contributed by atoms with Gasteiger partial charge in [-0.05, 0) is 46.3 Å². The van der Waals surface area contributed by atoms with Crippen molar-refractivity contribution in [3.8, 4) is 22.6 Å². The zero-order valence-electron chi connectivity index (χ0n) is 16.1. The lowest BCUT2D eigenvalue weighted by molar-refractivity contribution is 0.291. The van der Waals surface area contributed by atoms with E-state index in [0.29, 0.717) is 5.75 Å². The Labute approximate surface area is 155 Å². The summed E-state index contributed by atoms with van der Waals surface area (Å²) in [5, 5.41) is 0. The number of rotatable bonds is 9. The van der Waals surface area contributed by atoms with Crippen LogP contribution in [-0.2, 0) is 18.6 Å². The lowest BCUT2D eigenvalue weighted by atomic mass is 9.69. The van der Waals surface area contributed by atoms with Gasteiger partial charge in [0.2, 0.25) is 0 Å². The lowest BCUT2D eigenvalue weighted by Crippen LogP contribution is -2.40. The minimum atomic E-state index is -0.553. The molecule has 0 fully saturated rings. The molecule has 26 heavy (non-hydrogen) atoms. The Hall–Kier alpha value is -1.99. The summed E-state index contributed by atoms with van der Waals surface area (Å²) in [7, 11) is 8.57. The largest absolute Gasteiger partial charge is 0.497 e. The average Bonchev–Trinajstić information content (AvgIpc) is 2.70. The van der Waals surface area contributed by atoms with Crippen molar-refractivity contribution in [2.75, 3.05) is 42.7 Å². The molecule has 0 saturated heterocycles. The second kappa shape index (κ2) is 9.64. The highest BCUT2D eigenvalue weighted by Crippen LogP contribution is 2.25. The molecule has 0 N–H and O–H groups in total. The Morgan fingerprint density at radius 3 is 1.58 bits per heavy atom. The van der Waals surface area contributed by atoms with E-state index in [4.69, 9.17) is 28.1 Å². The van der Waals surface area contributed by atoms with Crippen molar-refractivity contribution in [1.82, 2.24) is 0 Å². The molecule has 0 spiro atoms. The molecule has 6 nitrogen and oxygen atoms in total. The van der Waals surface area contributed by atoms with Crippen molar-refractivity contribution in [3.63, 3.8) is 0 Å². The fourth-order valence-electron chi connectivity index (χ4n) is 2.91. The summed E-state index contributed by atoms with van der Waals surface area (Å²) in [5.41, 5.74) is 3.50. The molecule has 0 amide bonds. The summed E-state index contributed by atoms with van der Waals surface area (Å²) < 4.78 is 32.7. The lowest BCUT2D eigenvalue weighted by Gasteiger charge is -2.20. The Morgan fingerprint density at radius 2 is 1.04 bits per heavy atom. The van der Waals surface area contributed by atoms with Crippen LogP contribution >= 0.6 is 0 Å². The minimum Gasteiger partial charge on any atom is -0.497 e. The van der Waals surface area contributed by atoms with Crippen LogP contribution in [0.2, 0.25) is 0 Å². The first kappa shape index (κ1) is 20.3. The molecular formula is C18H24B2O6. The fourth-order valence-corrected chi connectivity index (χ4v) is 2.91. The van der Waals surface area contributed by atoms with E-state index in [-0.39, 0.29) is 0 Å². The van der Waals surface area contributed by atoms with Gasteiger partial charge in [-0.15, -0.1) is 0 Å². The molecule has 0 radical (unpaired) electrons. The van der Waals surface area contributed by atoms with E-state index < -0.39 is 14.2 Å². The molecule has 0 aliphatic rings. The second-order valence-electron chi connectivity index (χ2n) is 5.51. The van der Waals surface area contributed by atoms with Crippen LogP contribution in [0.25, 0.3) is 11.1 Å². The van der Waals surface area contributed by atoms with Gasteiger partial charge in [0, 0.05) is 28.4 Å². The smallest absolute Gasteiger partial charge is 0.494 e. The van der Waals surface area contributed by atoms with Crippen LogP contribution in [0, 0.1) is 0 Å². The van der Waals surface area contributed by atoms with Gasteiger partial charge in [-0.25, -0.2) is 0 Å². The van der Waals surface area contributed by atoms with E-state index in [1.54, 1.807) is 42.7 Å². The Kier molecular flexibility index (Phi) is 7.53. The molecule has 138 valence electrons. The van der Waals surface area contributed by atoms with Gasteiger partial charge >= 0.3 is 14.2 Å². The summed E-state index contributed by atoms with van der Waals surface area (Å²) in [6.45, 7) is 0. The molecular weight excluding hydrogens is 334 g/mol. The predicted molar refractivity (Wildman–Crippen MR) is 104 cm³/mol. The van der Waals surface area contributed by atoms with Crippen LogP contribution in [0.15, 0.2) is 36.4 Å². The molecule has 0 bridgehead atoms. The van der Waals surface area contributed by atoms with Crippen LogP contribution in [0.3, 0.4) is 0 Å². The van der Waals surface area contributed by atoms with E-state index in [1.165, 1.54) is 0 Å². The number of ether oxygens (including phenoxy) is 2. The van der Waals surface area contributed by atoms with Crippen molar-refractivity contribution in [2.45, 2.75) is 0 Å². The highest BCUT2D eigenvalue weighted by Gasteiger charge is 2.28. The fraction of sp³-hybridized carbons (Fsp3) is 0.333. The number of hydrogen-bond donors (Lipinski definition) is 0. The molecule has 8 heteroatoms. The van der Waals surface area contributed by atoms with E-state index in [2.05, 4.69) is 0 Å².